The van der Waals surface area contributed by atoms with Gasteiger partial charge in [0.05, 0.1) is 22.9 Å². The fourth-order valence-corrected chi connectivity index (χ4v) is 2.41. The van der Waals surface area contributed by atoms with Crippen molar-refractivity contribution in [1.82, 2.24) is 15.3 Å². The predicted octanol–water partition coefficient (Wildman–Crippen LogP) is 4.36. The van der Waals surface area contributed by atoms with Crippen LogP contribution in [-0.2, 0) is 6.54 Å². The first-order valence-corrected chi connectivity index (χ1v) is 8.15. The molecule has 2 aromatic heterocycles. The van der Waals surface area contributed by atoms with Crippen molar-refractivity contribution >= 4 is 40.7 Å². The molecule has 25 heavy (non-hydrogen) atoms. The second-order valence-electron chi connectivity index (χ2n) is 5.23. The van der Waals surface area contributed by atoms with Crippen LogP contribution < -0.4 is 10.6 Å². The summed E-state index contributed by atoms with van der Waals surface area (Å²) in [6.45, 7) is 2.06. The minimum absolute atomic E-state index is 0.251. The van der Waals surface area contributed by atoms with Gasteiger partial charge in [0.15, 0.2) is 0 Å². The van der Waals surface area contributed by atoms with Crippen molar-refractivity contribution in [3.05, 3.63) is 69.9 Å². The Morgan fingerprint density at radius 1 is 1.16 bits per heavy atom. The van der Waals surface area contributed by atoms with Crippen LogP contribution in [0.2, 0.25) is 10.0 Å². The van der Waals surface area contributed by atoms with Gasteiger partial charge in [0.1, 0.15) is 11.5 Å². The third-order valence-electron chi connectivity index (χ3n) is 3.27. The number of hydrogen-bond acceptors (Lipinski definition) is 5. The lowest BCUT2D eigenvalue weighted by Crippen LogP contribution is -2.24. The molecule has 0 aliphatic rings. The van der Waals surface area contributed by atoms with Gasteiger partial charge in [0, 0.05) is 11.4 Å². The van der Waals surface area contributed by atoms with Crippen LogP contribution in [0.1, 0.15) is 21.9 Å². The third kappa shape index (κ3) is 4.49. The van der Waals surface area contributed by atoms with Gasteiger partial charge >= 0.3 is 0 Å². The number of aryl methyl sites for hydroxylation is 1. The molecular weight excluding hydrogens is 363 g/mol. The summed E-state index contributed by atoms with van der Waals surface area (Å²) in [4.78, 5) is 20.8. The maximum Gasteiger partial charge on any atom is 0.270 e. The van der Waals surface area contributed by atoms with Crippen LogP contribution in [0.15, 0.2) is 47.1 Å². The summed E-state index contributed by atoms with van der Waals surface area (Å²) in [5.41, 5.74) is 1.57. The molecule has 8 heteroatoms. The molecule has 3 rings (SSSR count). The van der Waals surface area contributed by atoms with E-state index in [-0.39, 0.29) is 18.1 Å². The largest absolute Gasteiger partial charge is 0.467 e. The predicted molar refractivity (Wildman–Crippen MR) is 96.4 cm³/mol. The fraction of sp³-hybridized carbons (Fsp3) is 0.118. The first-order chi connectivity index (χ1) is 12.0. The number of nitrogens with one attached hydrogen (secondary N) is 2. The van der Waals surface area contributed by atoms with Crippen LogP contribution in [0, 0.1) is 6.92 Å². The van der Waals surface area contributed by atoms with Gasteiger partial charge in [-0.3, -0.25) is 4.79 Å². The van der Waals surface area contributed by atoms with E-state index in [2.05, 4.69) is 20.6 Å². The van der Waals surface area contributed by atoms with Crippen LogP contribution in [0.3, 0.4) is 0 Å². The van der Waals surface area contributed by atoms with Crippen molar-refractivity contribution in [2.75, 3.05) is 5.32 Å². The summed E-state index contributed by atoms with van der Waals surface area (Å²) < 4.78 is 5.18. The average Bonchev–Trinajstić information content (AvgIpc) is 3.09. The van der Waals surface area contributed by atoms with E-state index < -0.39 is 0 Å². The molecular formula is C17H14Cl2N4O2. The zero-order valence-electron chi connectivity index (χ0n) is 13.2. The Morgan fingerprint density at radius 2 is 2.00 bits per heavy atom. The number of furan rings is 1. The van der Waals surface area contributed by atoms with Gasteiger partial charge in [-0.1, -0.05) is 23.2 Å². The Kier molecular flexibility index (Phi) is 5.21. The van der Waals surface area contributed by atoms with Crippen LogP contribution in [0.4, 0.5) is 11.6 Å². The minimum Gasteiger partial charge on any atom is -0.467 e. The van der Waals surface area contributed by atoms with Crippen molar-refractivity contribution in [3.8, 4) is 0 Å². The van der Waals surface area contributed by atoms with Gasteiger partial charge in [0.25, 0.3) is 5.91 Å². The standard InChI is InChI=1S/C17H14Cl2N4O2/c1-10-7-15(16(24)20-9-12-3-2-6-25-12)23-17(21-10)22-11-4-5-13(18)14(19)8-11/h2-8H,9H2,1H3,(H,20,24)(H,21,22,23). The van der Waals surface area contributed by atoms with E-state index in [1.165, 1.54) is 0 Å². The van der Waals surface area contributed by atoms with Crippen LogP contribution in [0.5, 0.6) is 0 Å². The lowest BCUT2D eigenvalue weighted by atomic mass is 10.3. The Labute approximate surface area is 154 Å². The van der Waals surface area contributed by atoms with Gasteiger partial charge in [0.2, 0.25) is 5.95 Å². The van der Waals surface area contributed by atoms with E-state index >= 15 is 0 Å². The zero-order valence-corrected chi connectivity index (χ0v) is 14.7. The summed E-state index contributed by atoms with van der Waals surface area (Å²) in [5.74, 6) is 0.633. The maximum absolute atomic E-state index is 12.3. The smallest absolute Gasteiger partial charge is 0.270 e. The maximum atomic E-state index is 12.3. The molecule has 6 nitrogen and oxygen atoms in total. The summed E-state index contributed by atoms with van der Waals surface area (Å²) >= 11 is 11.9. The van der Waals surface area contributed by atoms with Gasteiger partial charge < -0.3 is 15.1 Å². The molecule has 1 aromatic carbocycles. The number of hydrogen-bond donors (Lipinski definition) is 2. The molecule has 0 aliphatic heterocycles. The topological polar surface area (TPSA) is 80.0 Å². The Balaban J connectivity index is 1.75. The van der Waals surface area contributed by atoms with Crippen molar-refractivity contribution in [2.45, 2.75) is 13.5 Å². The van der Waals surface area contributed by atoms with Gasteiger partial charge in [-0.25, -0.2) is 9.97 Å². The highest BCUT2D eigenvalue weighted by Gasteiger charge is 2.11. The number of rotatable bonds is 5. The molecule has 128 valence electrons. The molecule has 0 atom stereocenters. The molecule has 0 unspecified atom stereocenters. The number of halogens is 2. The van der Waals surface area contributed by atoms with E-state index in [0.717, 1.165) is 0 Å². The highest BCUT2D eigenvalue weighted by Crippen LogP contribution is 2.26. The number of aromatic nitrogens is 2. The number of benzene rings is 1. The fourth-order valence-electron chi connectivity index (χ4n) is 2.11. The van der Waals surface area contributed by atoms with Crippen LogP contribution >= 0.6 is 23.2 Å². The molecule has 0 saturated carbocycles. The van der Waals surface area contributed by atoms with Gasteiger partial charge in [-0.05, 0) is 43.3 Å². The van der Waals surface area contributed by atoms with E-state index in [9.17, 15) is 4.79 Å². The van der Waals surface area contributed by atoms with E-state index in [0.29, 0.717) is 33.1 Å². The number of carbonyl (C=O) groups excluding carboxylic acids is 1. The minimum atomic E-state index is -0.320. The normalized spacial score (nSPS) is 10.5. The van der Waals surface area contributed by atoms with Gasteiger partial charge in [-0.2, -0.15) is 0 Å². The molecule has 0 aliphatic carbocycles. The second kappa shape index (κ2) is 7.55. The first-order valence-electron chi connectivity index (χ1n) is 7.39. The molecule has 0 radical (unpaired) electrons. The molecule has 1 amide bonds. The van der Waals surface area contributed by atoms with Crippen LogP contribution in [0.25, 0.3) is 0 Å². The quantitative estimate of drug-likeness (QED) is 0.691. The number of amides is 1. The Morgan fingerprint density at radius 3 is 2.72 bits per heavy atom. The molecule has 2 heterocycles. The number of nitrogens with zero attached hydrogens (tertiary/aromatic N) is 2. The molecule has 2 N–H and O–H groups in total. The first kappa shape index (κ1) is 17.3. The van der Waals surface area contributed by atoms with Crippen molar-refractivity contribution < 1.29 is 9.21 Å². The molecule has 0 spiro atoms. The van der Waals surface area contributed by atoms with Crippen molar-refractivity contribution in [1.29, 1.82) is 0 Å². The summed E-state index contributed by atoms with van der Waals surface area (Å²) in [7, 11) is 0. The number of anilines is 2. The molecule has 0 saturated heterocycles. The highest BCUT2D eigenvalue weighted by molar-refractivity contribution is 6.42. The lowest BCUT2D eigenvalue weighted by molar-refractivity contribution is 0.0943. The van der Waals surface area contributed by atoms with Gasteiger partial charge in [-0.15, -0.1) is 0 Å². The van der Waals surface area contributed by atoms with E-state index in [1.807, 2.05) is 0 Å². The number of carbonyl (C=O) groups is 1. The van der Waals surface area contributed by atoms with Crippen molar-refractivity contribution in [3.63, 3.8) is 0 Å². The Bertz CT molecular complexity index is 898. The summed E-state index contributed by atoms with van der Waals surface area (Å²) in [6, 6.07) is 10.2. The van der Waals surface area contributed by atoms with E-state index in [1.54, 1.807) is 49.6 Å². The molecule has 3 aromatic rings. The summed E-state index contributed by atoms with van der Waals surface area (Å²) in [6.07, 6.45) is 1.55. The Hall–Kier alpha value is -2.57. The average molecular weight is 377 g/mol. The monoisotopic (exact) mass is 376 g/mol. The summed E-state index contributed by atoms with van der Waals surface area (Å²) in [5, 5.41) is 6.63. The third-order valence-corrected chi connectivity index (χ3v) is 4.00. The van der Waals surface area contributed by atoms with E-state index in [4.69, 9.17) is 27.6 Å². The van der Waals surface area contributed by atoms with Crippen molar-refractivity contribution in [2.24, 2.45) is 0 Å². The van der Waals surface area contributed by atoms with Crippen LogP contribution in [-0.4, -0.2) is 15.9 Å². The zero-order chi connectivity index (χ0) is 17.8. The second-order valence-corrected chi connectivity index (χ2v) is 6.05. The SMILES string of the molecule is Cc1cc(C(=O)NCc2ccco2)nc(Nc2ccc(Cl)c(Cl)c2)n1. The highest BCUT2D eigenvalue weighted by atomic mass is 35.5. The lowest BCUT2D eigenvalue weighted by Gasteiger charge is -2.09. The molecule has 0 fully saturated rings. The molecule has 0 bridgehead atoms.